The molecule has 138 valence electrons. The lowest BCUT2D eigenvalue weighted by atomic mass is 10.0. The van der Waals surface area contributed by atoms with Gasteiger partial charge >= 0.3 is 0 Å². The lowest BCUT2D eigenvalue weighted by Gasteiger charge is -2.15. The number of hydrogen-bond acceptors (Lipinski definition) is 3. The van der Waals surface area contributed by atoms with E-state index in [1.165, 1.54) is 19.2 Å². The number of H-pyrrole nitrogens is 1. The summed E-state index contributed by atoms with van der Waals surface area (Å²) < 4.78 is 0. The maximum atomic E-state index is 6.00. The largest absolute Gasteiger partial charge is 0.370 e. The monoisotopic (exact) mass is 456 g/mol. The van der Waals surface area contributed by atoms with Gasteiger partial charge in [-0.05, 0) is 30.9 Å². The van der Waals surface area contributed by atoms with Crippen LogP contribution in [0.25, 0.3) is 11.4 Å². The summed E-state index contributed by atoms with van der Waals surface area (Å²) in [6.07, 6.45) is 5.06. The highest BCUT2D eigenvalue weighted by Gasteiger charge is 2.05. The van der Waals surface area contributed by atoms with Crippen LogP contribution in [0, 0.1) is 5.92 Å². The predicted octanol–water partition coefficient (Wildman–Crippen LogP) is 3.71. The molecule has 6 nitrogen and oxygen atoms in total. The van der Waals surface area contributed by atoms with Crippen LogP contribution >= 0.6 is 24.0 Å². The van der Waals surface area contributed by atoms with Crippen LogP contribution in [0.2, 0.25) is 0 Å². The second-order valence-electron chi connectivity index (χ2n) is 6.61. The van der Waals surface area contributed by atoms with Gasteiger partial charge in [-0.3, -0.25) is 5.10 Å². The molecule has 0 radical (unpaired) electrons. The summed E-state index contributed by atoms with van der Waals surface area (Å²) in [6, 6.07) is 8.40. The molecular weight excluding hydrogens is 427 g/mol. The summed E-state index contributed by atoms with van der Waals surface area (Å²) in [7, 11) is 0. The average Bonchev–Trinajstić information content (AvgIpc) is 3.07. The van der Waals surface area contributed by atoms with E-state index < -0.39 is 0 Å². The first-order valence-corrected chi connectivity index (χ1v) is 8.55. The molecule has 0 bridgehead atoms. The first-order chi connectivity index (χ1) is 11.5. The van der Waals surface area contributed by atoms with E-state index in [2.05, 4.69) is 46.3 Å². The molecule has 25 heavy (non-hydrogen) atoms. The maximum absolute atomic E-state index is 6.00. The molecule has 1 atom stereocenters. The molecule has 2 rings (SSSR count). The Labute approximate surface area is 167 Å². The summed E-state index contributed by atoms with van der Waals surface area (Å²) in [5.74, 6) is 2.00. The van der Waals surface area contributed by atoms with Crippen molar-refractivity contribution in [3.05, 3.63) is 36.2 Å². The van der Waals surface area contributed by atoms with Crippen molar-refractivity contribution in [3.63, 3.8) is 0 Å². The van der Waals surface area contributed by atoms with Crippen LogP contribution < -0.4 is 11.1 Å². The molecule has 0 saturated carbocycles. The maximum Gasteiger partial charge on any atom is 0.189 e. The van der Waals surface area contributed by atoms with Gasteiger partial charge in [-0.1, -0.05) is 44.9 Å². The first kappa shape index (κ1) is 21.4. The third-order valence-electron chi connectivity index (χ3n) is 3.86. The summed E-state index contributed by atoms with van der Waals surface area (Å²) >= 11 is 0. The summed E-state index contributed by atoms with van der Waals surface area (Å²) in [4.78, 5) is 8.60. The third-order valence-corrected chi connectivity index (χ3v) is 3.86. The highest BCUT2D eigenvalue weighted by atomic mass is 127. The van der Waals surface area contributed by atoms with E-state index in [4.69, 9.17) is 5.73 Å². The van der Waals surface area contributed by atoms with Gasteiger partial charge in [0.1, 0.15) is 6.33 Å². The molecule has 0 fully saturated rings. The van der Waals surface area contributed by atoms with E-state index in [1.54, 1.807) is 0 Å². The van der Waals surface area contributed by atoms with Crippen molar-refractivity contribution in [2.75, 3.05) is 0 Å². The van der Waals surface area contributed by atoms with E-state index in [0.29, 0.717) is 18.5 Å². The lowest BCUT2D eigenvalue weighted by Crippen LogP contribution is -2.38. The van der Waals surface area contributed by atoms with Crippen molar-refractivity contribution >= 4 is 29.9 Å². The zero-order chi connectivity index (χ0) is 17.4. The minimum absolute atomic E-state index is 0. The van der Waals surface area contributed by atoms with Crippen molar-refractivity contribution in [1.82, 2.24) is 20.5 Å². The lowest BCUT2D eigenvalue weighted by molar-refractivity contribution is 0.493. The number of aliphatic imine (C=N–C) groups is 1. The van der Waals surface area contributed by atoms with Crippen LogP contribution in [0.4, 0.5) is 0 Å². The number of halogens is 1. The van der Waals surface area contributed by atoms with Gasteiger partial charge < -0.3 is 11.1 Å². The van der Waals surface area contributed by atoms with E-state index >= 15 is 0 Å². The van der Waals surface area contributed by atoms with Gasteiger partial charge in [-0.2, -0.15) is 5.10 Å². The first-order valence-electron chi connectivity index (χ1n) is 8.55. The molecule has 0 amide bonds. The second-order valence-corrected chi connectivity index (χ2v) is 6.61. The second kappa shape index (κ2) is 11.1. The molecule has 7 heteroatoms. The molecule has 1 aromatic heterocycles. The fraction of sp³-hybridized carbons (Fsp3) is 0.500. The molecule has 4 N–H and O–H groups in total. The van der Waals surface area contributed by atoms with E-state index in [0.717, 1.165) is 29.3 Å². The number of guanidine groups is 1. The van der Waals surface area contributed by atoms with Gasteiger partial charge in [0.15, 0.2) is 11.8 Å². The van der Waals surface area contributed by atoms with E-state index in [1.807, 2.05) is 24.3 Å². The Balaban J connectivity index is 0.00000312. The molecule has 1 heterocycles. The molecule has 0 spiro atoms. The van der Waals surface area contributed by atoms with Gasteiger partial charge in [-0.15, -0.1) is 24.0 Å². The molecule has 0 aliphatic carbocycles. The Hall–Kier alpha value is -1.64. The summed E-state index contributed by atoms with van der Waals surface area (Å²) in [6.45, 7) is 7.19. The van der Waals surface area contributed by atoms with Gasteiger partial charge in [0.25, 0.3) is 0 Å². The van der Waals surface area contributed by atoms with Crippen molar-refractivity contribution < 1.29 is 0 Å². The minimum Gasteiger partial charge on any atom is -0.370 e. The molecule has 0 aliphatic rings. The smallest absolute Gasteiger partial charge is 0.189 e. The molecule has 0 saturated heterocycles. The SMILES string of the molecule is CC(C)CCCC(C)NC(N)=NCc1cccc(-c2ncn[nH]2)c1.I. The van der Waals surface area contributed by atoms with Crippen LogP contribution in [-0.4, -0.2) is 27.2 Å². The van der Waals surface area contributed by atoms with Crippen LogP contribution in [0.1, 0.15) is 45.6 Å². The van der Waals surface area contributed by atoms with Gasteiger partial charge in [-0.25, -0.2) is 9.98 Å². The minimum atomic E-state index is 0. The Bertz CT molecular complexity index is 639. The Morgan fingerprint density at radius 2 is 2.08 bits per heavy atom. The molecule has 0 aliphatic heterocycles. The molecule has 1 unspecified atom stereocenters. The molecular formula is C18H29IN6. The summed E-state index contributed by atoms with van der Waals surface area (Å²) in [5, 5.41) is 10.0. The number of nitrogens with two attached hydrogens (primary N) is 1. The van der Waals surface area contributed by atoms with E-state index in [9.17, 15) is 0 Å². The predicted molar refractivity (Wildman–Crippen MR) is 114 cm³/mol. The normalized spacial score (nSPS) is 12.7. The highest BCUT2D eigenvalue weighted by molar-refractivity contribution is 14.0. The third kappa shape index (κ3) is 7.85. The average molecular weight is 456 g/mol. The Morgan fingerprint density at radius 1 is 1.28 bits per heavy atom. The molecule has 1 aromatic carbocycles. The highest BCUT2D eigenvalue weighted by Crippen LogP contribution is 2.16. The number of aromatic amines is 1. The topological polar surface area (TPSA) is 92.0 Å². The van der Waals surface area contributed by atoms with Gasteiger partial charge in [0.05, 0.1) is 6.54 Å². The van der Waals surface area contributed by atoms with Crippen LogP contribution in [0.5, 0.6) is 0 Å². The quantitative estimate of drug-likeness (QED) is 0.321. The molecule has 2 aromatic rings. The van der Waals surface area contributed by atoms with Gasteiger partial charge in [0.2, 0.25) is 0 Å². The fourth-order valence-electron chi connectivity index (χ4n) is 2.54. The standard InChI is InChI=1S/C18H28N6.HI/c1-13(2)6-4-7-14(3)23-18(19)20-11-15-8-5-9-16(10-15)17-21-12-22-24-17;/h5,8-10,12-14H,4,6-7,11H2,1-3H3,(H3,19,20,23)(H,21,22,24);1H. The zero-order valence-electron chi connectivity index (χ0n) is 15.2. The number of benzene rings is 1. The number of nitrogens with zero attached hydrogens (tertiary/aromatic N) is 3. The number of aromatic nitrogens is 3. The van der Waals surface area contributed by atoms with Crippen LogP contribution in [0.15, 0.2) is 35.6 Å². The van der Waals surface area contributed by atoms with Crippen molar-refractivity contribution in [3.8, 4) is 11.4 Å². The number of nitrogens with one attached hydrogen (secondary N) is 2. The zero-order valence-corrected chi connectivity index (χ0v) is 17.5. The Kier molecular flexibility index (Phi) is 9.48. The number of rotatable bonds is 8. The van der Waals surface area contributed by atoms with Crippen LogP contribution in [0.3, 0.4) is 0 Å². The van der Waals surface area contributed by atoms with Crippen molar-refractivity contribution in [2.24, 2.45) is 16.6 Å². The van der Waals surface area contributed by atoms with Crippen LogP contribution in [-0.2, 0) is 6.54 Å². The summed E-state index contributed by atoms with van der Waals surface area (Å²) in [5.41, 5.74) is 8.08. The fourth-order valence-corrected chi connectivity index (χ4v) is 2.54. The van der Waals surface area contributed by atoms with Gasteiger partial charge in [0, 0.05) is 11.6 Å². The number of hydrogen-bond donors (Lipinski definition) is 3. The van der Waals surface area contributed by atoms with Crippen molar-refractivity contribution in [2.45, 2.75) is 52.6 Å². The van der Waals surface area contributed by atoms with Crippen molar-refractivity contribution in [1.29, 1.82) is 0 Å². The Morgan fingerprint density at radius 3 is 2.76 bits per heavy atom. The van der Waals surface area contributed by atoms with E-state index in [-0.39, 0.29) is 24.0 Å².